The molecule has 6 aliphatic rings. The van der Waals surface area contributed by atoms with Crippen LogP contribution in [0.2, 0.25) is 0 Å². The van der Waals surface area contributed by atoms with Crippen LogP contribution in [0.25, 0.3) is 0 Å². The van der Waals surface area contributed by atoms with E-state index in [4.69, 9.17) is 0 Å². The van der Waals surface area contributed by atoms with Crippen LogP contribution >= 0.6 is 11.8 Å². The minimum Gasteiger partial charge on any atom is -0.341 e. The van der Waals surface area contributed by atoms with Gasteiger partial charge in [0.05, 0.1) is 5.75 Å². The smallest absolute Gasteiger partial charge is 0.228 e. The van der Waals surface area contributed by atoms with Gasteiger partial charge in [-0.2, -0.15) is 0 Å². The first kappa shape index (κ1) is 16.9. The van der Waals surface area contributed by atoms with Gasteiger partial charge >= 0.3 is 0 Å². The number of Topliss-reactive ketones (excluding diaryl/α,β-unsaturated/α-hetero) is 1. The molecule has 6 fully saturated rings. The molecule has 27 heavy (non-hydrogen) atoms. The van der Waals surface area contributed by atoms with Crippen LogP contribution in [-0.2, 0) is 4.79 Å². The quantitative estimate of drug-likeness (QED) is 0.689. The standard InChI is InChI=1S/C21H30N4OS/c26-18(21-10-14-7-15(11-21)9-16(8-14)12-21)13-27-20-23-22-19(24-5-1-2-6-24)25(20)17-3-4-17/h14-17H,1-13H2. The van der Waals surface area contributed by atoms with Crippen molar-refractivity contribution in [2.45, 2.75) is 75.4 Å². The van der Waals surface area contributed by atoms with E-state index < -0.39 is 0 Å². The molecule has 5 nitrogen and oxygen atoms in total. The molecule has 4 bridgehead atoms. The Morgan fingerprint density at radius 2 is 1.63 bits per heavy atom. The van der Waals surface area contributed by atoms with Gasteiger partial charge in [-0.05, 0) is 82.0 Å². The Bertz CT molecular complexity index is 714. The molecule has 6 heteroatoms. The molecule has 0 unspecified atom stereocenters. The fraction of sp³-hybridized carbons (Fsp3) is 0.857. The molecule has 146 valence electrons. The summed E-state index contributed by atoms with van der Waals surface area (Å²) < 4.78 is 2.35. The normalized spacial score (nSPS) is 37.3. The molecule has 7 rings (SSSR count). The number of ketones is 1. The Hall–Kier alpha value is -1.04. The van der Waals surface area contributed by atoms with Crippen molar-refractivity contribution >= 4 is 23.5 Å². The van der Waals surface area contributed by atoms with Gasteiger partial charge in [-0.15, -0.1) is 10.2 Å². The minimum atomic E-state index is 0.0178. The SMILES string of the molecule is O=C(CSc1nnc(N2CCCC2)n1C1CC1)C12CC3CC(CC(C3)C1)C2. The Kier molecular flexibility index (Phi) is 3.89. The zero-order valence-electron chi connectivity index (χ0n) is 16.1. The monoisotopic (exact) mass is 386 g/mol. The van der Waals surface area contributed by atoms with E-state index in [0.29, 0.717) is 17.6 Å². The van der Waals surface area contributed by atoms with E-state index >= 15 is 0 Å². The van der Waals surface area contributed by atoms with Crippen molar-refractivity contribution < 1.29 is 4.79 Å². The number of thioether (sulfide) groups is 1. The average Bonchev–Trinajstić information content (AvgIpc) is 3.16. The van der Waals surface area contributed by atoms with Crippen molar-refractivity contribution in [3.63, 3.8) is 0 Å². The van der Waals surface area contributed by atoms with Crippen LogP contribution in [-0.4, -0.2) is 39.4 Å². The molecule has 0 amide bonds. The summed E-state index contributed by atoms with van der Waals surface area (Å²) in [5.41, 5.74) is 0.0178. The summed E-state index contributed by atoms with van der Waals surface area (Å²) in [6.45, 7) is 2.20. The van der Waals surface area contributed by atoms with E-state index in [2.05, 4.69) is 19.7 Å². The lowest BCUT2D eigenvalue weighted by Gasteiger charge is -2.56. The highest BCUT2D eigenvalue weighted by molar-refractivity contribution is 7.99. The number of hydrogen-bond acceptors (Lipinski definition) is 5. The molecule has 1 aromatic heterocycles. The van der Waals surface area contributed by atoms with Crippen LogP contribution in [0.3, 0.4) is 0 Å². The van der Waals surface area contributed by atoms with Gasteiger partial charge in [0.25, 0.3) is 0 Å². The molecular formula is C21H30N4OS. The molecule has 2 heterocycles. The Balaban J connectivity index is 1.19. The molecule has 0 aromatic carbocycles. The third-order valence-electron chi connectivity index (χ3n) is 7.91. The van der Waals surface area contributed by atoms with Crippen molar-refractivity contribution in [2.24, 2.45) is 23.2 Å². The summed E-state index contributed by atoms with van der Waals surface area (Å²) in [6.07, 6.45) is 12.7. The fourth-order valence-corrected chi connectivity index (χ4v) is 7.92. The fourth-order valence-electron chi connectivity index (χ4n) is 6.89. The summed E-state index contributed by atoms with van der Waals surface area (Å²) in [6, 6.07) is 0.563. The molecule has 0 atom stereocenters. The van der Waals surface area contributed by atoms with Crippen LogP contribution in [0.15, 0.2) is 5.16 Å². The van der Waals surface area contributed by atoms with Gasteiger partial charge < -0.3 is 4.90 Å². The average molecular weight is 387 g/mol. The van der Waals surface area contributed by atoms with Crippen LogP contribution in [0, 0.1) is 23.2 Å². The maximum absolute atomic E-state index is 13.3. The van der Waals surface area contributed by atoms with Crippen molar-refractivity contribution in [3.05, 3.63) is 0 Å². The van der Waals surface area contributed by atoms with Crippen molar-refractivity contribution in [2.75, 3.05) is 23.7 Å². The lowest BCUT2D eigenvalue weighted by atomic mass is 9.48. The maximum atomic E-state index is 13.3. The summed E-state index contributed by atoms with van der Waals surface area (Å²) >= 11 is 1.67. The molecular weight excluding hydrogens is 356 g/mol. The zero-order valence-corrected chi connectivity index (χ0v) is 16.9. The number of nitrogens with zero attached hydrogens (tertiary/aromatic N) is 4. The lowest BCUT2D eigenvalue weighted by molar-refractivity contribution is -0.141. The second-order valence-corrected chi connectivity index (χ2v) is 10.9. The van der Waals surface area contributed by atoms with E-state index in [9.17, 15) is 4.79 Å². The number of carbonyl (C=O) groups is 1. The summed E-state index contributed by atoms with van der Waals surface area (Å²) in [7, 11) is 0. The summed E-state index contributed by atoms with van der Waals surface area (Å²) in [4.78, 5) is 15.7. The molecule has 1 aliphatic heterocycles. The number of carbonyl (C=O) groups excluding carboxylic acids is 1. The molecule has 1 saturated heterocycles. The van der Waals surface area contributed by atoms with Crippen LogP contribution < -0.4 is 4.90 Å². The predicted octanol–water partition coefficient (Wildman–Crippen LogP) is 4.09. The first-order chi connectivity index (χ1) is 13.2. The molecule has 0 N–H and O–H groups in total. The third kappa shape index (κ3) is 2.85. The Morgan fingerprint density at radius 1 is 1.00 bits per heavy atom. The topological polar surface area (TPSA) is 51.0 Å². The number of hydrogen-bond donors (Lipinski definition) is 0. The van der Waals surface area contributed by atoms with Crippen LogP contribution in [0.1, 0.15) is 70.3 Å². The lowest BCUT2D eigenvalue weighted by Crippen LogP contribution is -2.50. The largest absolute Gasteiger partial charge is 0.341 e. The predicted molar refractivity (Wildman–Crippen MR) is 106 cm³/mol. The molecule has 5 aliphatic carbocycles. The highest BCUT2D eigenvalue weighted by Crippen LogP contribution is 2.60. The van der Waals surface area contributed by atoms with E-state index in [1.54, 1.807) is 11.8 Å². The molecule has 5 saturated carbocycles. The van der Waals surface area contributed by atoms with Crippen molar-refractivity contribution in [3.8, 4) is 0 Å². The third-order valence-corrected chi connectivity index (χ3v) is 8.85. The minimum absolute atomic E-state index is 0.0178. The Labute approximate surface area is 165 Å². The van der Waals surface area contributed by atoms with Crippen LogP contribution in [0.5, 0.6) is 0 Å². The van der Waals surface area contributed by atoms with Gasteiger partial charge in [-0.1, -0.05) is 11.8 Å². The van der Waals surface area contributed by atoms with Crippen molar-refractivity contribution in [1.82, 2.24) is 14.8 Å². The van der Waals surface area contributed by atoms with Gasteiger partial charge in [0, 0.05) is 24.5 Å². The summed E-state index contributed by atoms with van der Waals surface area (Å²) in [5, 5.41) is 10.0. The van der Waals surface area contributed by atoms with E-state index in [-0.39, 0.29) is 5.41 Å². The van der Waals surface area contributed by atoms with Gasteiger partial charge in [0.1, 0.15) is 5.78 Å². The maximum Gasteiger partial charge on any atom is 0.228 e. The van der Waals surface area contributed by atoms with Gasteiger partial charge in [-0.25, -0.2) is 0 Å². The molecule has 0 spiro atoms. The second-order valence-electron chi connectivity index (χ2n) is 9.99. The highest BCUT2D eigenvalue weighted by Gasteiger charge is 2.54. The Morgan fingerprint density at radius 3 is 2.22 bits per heavy atom. The van der Waals surface area contributed by atoms with Crippen molar-refractivity contribution in [1.29, 1.82) is 0 Å². The summed E-state index contributed by atoms with van der Waals surface area (Å²) in [5.74, 6) is 4.67. The van der Waals surface area contributed by atoms with E-state index in [0.717, 1.165) is 41.9 Å². The number of aromatic nitrogens is 3. The second kappa shape index (κ2) is 6.23. The molecule has 1 aromatic rings. The first-order valence-electron chi connectivity index (χ1n) is 11.1. The van der Waals surface area contributed by atoms with E-state index in [1.807, 2.05) is 0 Å². The number of anilines is 1. The molecule has 0 radical (unpaired) electrons. The zero-order chi connectivity index (χ0) is 18.0. The van der Waals surface area contributed by atoms with Gasteiger partial charge in [0.2, 0.25) is 5.95 Å². The van der Waals surface area contributed by atoms with Gasteiger partial charge in [0.15, 0.2) is 5.16 Å². The van der Waals surface area contributed by atoms with E-state index in [1.165, 1.54) is 64.2 Å². The first-order valence-corrected chi connectivity index (χ1v) is 12.0. The highest BCUT2D eigenvalue weighted by atomic mass is 32.2. The number of rotatable bonds is 6. The van der Waals surface area contributed by atoms with Crippen LogP contribution in [0.4, 0.5) is 5.95 Å². The van der Waals surface area contributed by atoms with Gasteiger partial charge in [-0.3, -0.25) is 9.36 Å².